The third-order valence-electron chi connectivity index (χ3n) is 14.3. The predicted octanol–water partition coefficient (Wildman–Crippen LogP) is 11.4. The summed E-state index contributed by atoms with van der Waals surface area (Å²) in [5.74, 6) is -2.04. The Morgan fingerprint density at radius 3 is 0.654 bits per heavy atom. The van der Waals surface area contributed by atoms with Crippen molar-refractivity contribution in [2.75, 3.05) is 39.3 Å². The Kier molecular flexibility index (Phi) is 21.0. The molecular formula is C67H72N6O8. The van der Waals surface area contributed by atoms with E-state index in [1.54, 1.807) is 102 Å². The van der Waals surface area contributed by atoms with E-state index in [9.17, 15) is 38.7 Å². The Labute approximate surface area is 475 Å². The van der Waals surface area contributed by atoms with E-state index in [-0.39, 0.29) is 73.7 Å². The zero-order valence-electron chi connectivity index (χ0n) is 47.2. The maximum Gasteiger partial charge on any atom is 0.335 e. The van der Waals surface area contributed by atoms with Crippen molar-refractivity contribution in [3.63, 3.8) is 0 Å². The molecule has 418 valence electrons. The average molecular weight is 1090 g/mol. The van der Waals surface area contributed by atoms with Gasteiger partial charge in [-0.05, 0) is 160 Å². The lowest BCUT2D eigenvalue weighted by Gasteiger charge is -2.25. The largest absolute Gasteiger partial charge is 0.478 e. The van der Waals surface area contributed by atoms with Crippen LogP contribution in [0.3, 0.4) is 0 Å². The molecule has 0 unspecified atom stereocenters. The lowest BCUT2D eigenvalue weighted by Crippen LogP contribution is -2.32. The van der Waals surface area contributed by atoms with Crippen molar-refractivity contribution >= 4 is 41.4 Å². The number of rotatable bonds is 25. The van der Waals surface area contributed by atoms with Gasteiger partial charge >= 0.3 is 5.97 Å². The Morgan fingerprint density at radius 2 is 0.444 bits per heavy atom. The van der Waals surface area contributed by atoms with Crippen molar-refractivity contribution in [3.05, 3.63) is 248 Å². The molecule has 14 nitrogen and oxygen atoms in total. The van der Waals surface area contributed by atoms with Gasteiger partial charge in [-0.15, -0.1) is 0 Å². The Hall–Kier alpha value is -9.17. The number of benzene rings is 7. The van der Waals surface area contributed by atoms with Crippen LogP contribution in [0.15, 0.2) is 176 Å². The second-order valence-corrected chi connectivity index (χ2v) is 19.8. The summed E-state index contributed by atoms with van der Waals surface area (Å²) >= 11 is 0. The van der Waals surface area contributed by atoms with Crippen LogP contribution in [0.25, 0.3) is 0 Å². The van der Waals surface area contributed by atoms with E-state index < -0.39 is 5.97 Å². The van der Waals surface area contributed by atoms with Gasteiger partial charge < -0.3 is 34.5 Å². The number of aromatic carboxylic acids is 1. The van der Waals surface area contributed by atoms with Crippen LogP contribution in [0, 0.1) is 0 Å². The quantitative estimate of drug-likeness (QED) is 0.0592. The molecule has 0 aliphatic carbocycles. The molecule has 0 saturated carbocycles. The summed E-state index contributed by atoms with van der Waals surface area (Å²) in [6.45, 7) is 15.7. The molecule has 0 atom stereocenters. The first-order valence-electron chi connectivity index (χ1n) is 27.7. The molecule has 7 rings (SSSR count). The molecule has 14 heteroatoms. The Balaban J connectivity index is 0.959. The van der Waals surface area contributed by atoms with Crippen LogP contribution in [0.5, 0.6) is 0 Å². The van der Waals surface area contributed by atoms with Gasteiger partial charge in [0.25, 0.3) is 35.4 Å². The highest BCUT2D eigenvalue weighted by Gasteiger charge is 2.23. The van der Waals surface area contributed by atoms with Gasteiger partial charge in [-0.3, -0.25) is 28.8 Å². The van der Waals surface area contributed by atoms with Crippen molar-refractivity contribution in [1.29, 1.82) is 0 Å². The molecule has 1 N–H and O–H groups in total. The number of carbonyl (C=O) groups excluding carboxylic acids is 6. The third kappa shape index (κ3) is 15.6. The smallest absolute Gasteiger partial charge is 0.335 e. The molecule has 0 aliphatic heterocycles. The van der Waals surface area contributed by atoms with Crippen LogP contribution >= 0.6 is 0 Å². The van der Waals surface area contributed by atoms with Gasteiger partial charge in [0.15, 0.2) is 0 Å². The number of hydrogen-bond donors (Lipinski definition) is 1. The molecule has 81 heavy (non-hydrogen) atoms. The summed E-state index contributed by atoms with van der Waals surface area (Å²) in [5, 5.41) is 9.45. The molecule has 0 aliphatic rings. The van der Waals surface area contributed by atoms with Gasteiger partial charge in [-0.1, -0.05) is 91.0 Å². The van der Waals surface area contributed by atoms with Crippen LogP contribution in [0.1, 0.15) is 147 Å². The van der Waals surface area contributed by atoms with Gasteiger partial charge in [0.1, 0.15) is 0 Å². The van der Waals surface area contributed by atoms with E-state index >= 15 is 0 Å². The normalized spacial score (nSPS) is 10.8. The maximum atomic E-state index is 14.2. The molecule has 6 amide bonds. The molecule has 0 heterocycles. The molecule has 0 radical (unpaired) electrons. The molecule has 7 aromatic carbocycles. The number of nitrogens with zero attached hydrogens (tertiary/aromatic N) is 6. The summed E-state index contributed by atoms with van der Waals surface area (Å²) in [5.41, 5.74) is 7.86. The topological polar surface area (TPSA) is 159 Å². The number of carbonyl (C=O) groups is 7. The van der Waals surface area contributed by atoms with Gasteiger partial charge in [-0.25, -0.2) is 4.79 Å². The molecule has 7 aromatic rings. The van der Waals surface area contributed by atoms with Crippen LogP contribution in [-0.2, 0) is 39.3 Å². The second kappa shape index (κ2) is 28.6. The lowest BCUT2D eigenvalue weighted by atomic mass is 10.1. The summed E-state index contributed by atoms with van der Waals surface area (Å²) in [6.07, 6.45) is 0. The van der Waals surface area contributed by atoms with Gasteiger partial charge in [0.2, 0.25) is 0 Å². The summed E-state index contributed by atoms with van der Waals surface area (Å²) in [6, 6.07) is 52.2. The van der Waals surface area contributed by atoms with E-state index in [1.807, 2.05) is 139 Å². The Morgan fingerprint density at radius 1 is 0.259 bits per heavy atom. The van der Waals surface area contributed by atoms with Crippen molar-refractivity contribution in [2.45, 2.75) is 80.8 Å². The highest BCUT2D eigenvalue weighted by molar-refractivity contribution is 5.98. The second-order valence-electron chi connectivity index (χ2n) is 19.8. The van der Waals surface area contributed by atoms with Crippen LogP contribution in [-0.4, -0.2) is 115 Å². The number of carboxylic acid groups (broad SMARTS) is 1. The average Bonchev–Trinajstić information content (AvgIpc) is 3.51. The SMILES string of the molecule is CCN(Cc1cccc(C(=O)N(CC)Cc2cccc(C(=O)N(CC)Cc3cccc(C(=O)N(CC)Cc4cccc(C(=O)N(CC)Cc5cccc(C(=O)N(CC)Cc6cccc(C(=O)O)c6)c5)c4)c3)c2)c1)C(=O)c1ccccc1. The Bertz CT molecular complexity index is 3360. The van der Waals surface area contributed by atoms with E-state index in [1.165, 1.54) is 6.07 Å². The minimum absolute atomic E-state index is 0.0757. The number of carboxylic acids is 1. The first-order valence-corrected chi connectivity index (χ1v) is 27.7. The van der Waals surface area contributed by atoms with Crippen molar-refractivity contribution in [1.82, 2.24) is 29.4 Å². The molecule has 0 saturated heterocycles. The third-order valence-corrected chi connectivity index (χ3v) is 14.3. The van der Waals surface area contributed by atoms with Gasteiger partial charge in [0.05, 0.1) is 5.56 Å². The molecule has 0 aromatic heterocycles. The minimum Gasteiger partial charge on any atom is -0.478 e. The van der Waals surface area contributed by atoms with Crippen molar-refractivity contribution < 1.29 is 38.7 Å². The zero-order chi connectivity index (χ0) is 58.0. The van der Waals surface area contributed by atoms with Gasteiger partial charge in [0, 0.05) is 112 Å². The monoisotopic (exact) mass is 1090 g/mol. The maximum absolute atomic E-state index is 14.2. The van der Waals surface area contributed by atoms with Crippen molar-refractivity contribution in [3.8, 4) is 0 Å². The highest BCUT2D eigenvalue weighted by Crippen LogP contribution is 2.22. The van der Waals surface area contributed by atoms with E-state index in [0.717, 1.165) is 27.8 Å². The predicted molar refractivity (Wildman–Crippen MR) is 315 cm³/mol. The zero-order valence-corrected chi connectivity index (χ0v) is 47.2. The number of amides is 6. The lowest BCUT2D eigenvalue weighted by molar-refractivity contribution is 0.0692. The fourth-order valence-corrected chi connectivity index (χ4v) is 9.78. The highest BCUT2D eigenvalue weighted by atomic mass is 16.4. The fourth-order valence-electron chi connectivity index (χ4n) is 9.78. The molecule has 0 spiro atoms. The standard InChI is InChI=1S/C67H72N6O8/c1-7-68(61(74)54-28-14-13-15-29-54)42-48-22-16-30-55(36-48)62(75)69(8-2)43-49-23-17-31-56(37-49)63(76)70(9-3)44-50-24-18-32-57(38-50)64(77)71(10-4)45-51-25-19-33-58(39-51)65(78)72(11-5)46-52-26-20-34-59(40-52)66(79)73(12-6)47-53-27-21-35-60(41-53)67(80)81/h13-41H,7-12,42-47H2,1-6H3,(H,80,81). The molecule has 0 fully saturated rings. The summed E-state index contributed by atoms with van der Waals surface area (Å²) in [7, 11) is 0. The van der Waals surface area contributed by atoms with Gasteiger partial charge in [-0.2, -0.15) is 0 Å². The van der Waals surface area contributed by atoms with E-state index in [2.05, 4.69) is 0 Å². The first kappa shape index (κ1) is 59.5. The van der Waals surface area contributed by atoms with E-state index in [0.29, 0.717) is 84.8 Å². The van der Waals surface area contributed by atoms with Crippen molar-refractivity contribution in [2.24, 2.45) is 0 Å². The van der Waals surface area contributed by atoms with E-state index in [4.69, 9.17) is 0 Å². The summed E-state index contributed by atoms with van der Waals surface area (Å²) in [4.78, 5) is 105. The molecular weight excluding hydrogens is 1020 g/mol. The first-order chi connectivity index (χ1) is 39.2. The molecule has 0 bridgehead atoms. The van der Waals surface area contributed by atoms with Crippen LogP contribution < -0.4 is 0 Å². The summed E-state index contributed by atoms with van der Waals surface area (Å²) < 4.78 is 0. The minimum atomic E-state index is -1.03. The fraction of sp³-hybridized carbons (Fsp3) is 0.269. The number of hydrogen-bond acceptors (Lipinski definition) is 7. The van der Waals surface area contributed by atoms with Crippen LogP contribution in [0.4, 0.5) is 0 Å². The van der Waals surface area contributed by atoms with Crippen LogP contribution in [0.2, 0.25) is 0 Å².